The fourth-order valence-corrected chi connectivity index (χ4v) is 1.83. The minimum absolute atomic E-state index is 0.160. The fraction of sp³-hybridized carbons (Fsp3) is 0.909. The van der Waals surface area contributed by atoms with Crippen LogP contribution in [0, 0.1) is 5.92 Å². The molecule has 18 heavy (non-hydrogen) atoms. The van der Waals surface area contributed by atoms with E-state index < -0.39 is 37.3 Å². The molecule has 0 aromatic rings. The van der Waals surface area contributed by atoms with E-state index in [1.165, 1.54) is 0 Å². The minimum atomic E-state index is -1.35. The van der Waals surface area contributed by atoms with Crippen molar-refractivity contribution >= 4 is 5.91 Å². The molecule has 1 aliphatic heterocycles. The number of hydrogen-bond acceptors (Lipinski definition) is 6. The molecule has 0 saturated carbocycles. The third-order valence-electron chi connectivity index (χ3n) is 2.76. The fourth-order valence-electron chi connectivity index (χ4n) is 1.83. The van der Waals surface area contributed by atoms with Crippen LogP contribution in [-0.2, 0) is 9.53 Å². The van der Waals surface area contributed by atoms with E-state index in [-0.39, 0.29) is 18.2 Å². The third kappa shape index (κ3) is 3.63. The molecule has 5 N–H and O–H groups in total. The summed E-state index contributed by atoms with van der Waals surface area (Å²) in [7, 11) is 0. The van der Waals surface area contributed by atoms with Crippen molar-refractivity contribution in [3.05, 3.63) is 0 Å². The standard InChI is InChI=1S/C11H21NO6/c1-5(2)3-7(15)12-11-9(17)8(16)10(18-11)6(14)4-13/h5-6,8-11,13-14,16-17H,3-4H2,1-2H3,(H,12,15)/t6-,8-,9-,10+,11-/m1/s1. The van der Waals surface area contributed by atoms with Gasteiger partial charge in [-0.05, 0) is 5.92 Å². The summed E-state index contributed by atoms with van der Waals surface area (Å²) in [5.74, 6) is -0.146. The molecule has 1 saturated heterocycles. The van der Waals surface area contributed by atoms with Crippen LogP contribution in [-0.4, -0.2) is 63.6 Å². The van der Waals surface area contributed by atoms with Crippen LogP contribution in [0.5, 0.6) is 0 Å². The smallest absolute Gasteiger partial charge is 0.222 e. The summed E-state index contributed by atoms with van der Waals surface area (Å²) in [4.78, 5) is 11.5. The summed E-state index contributed by atoms with van der Waals surface area (Å²) in [6.45, 7) is 3.15. The van der Waals surface area contributed by atoms with Gasteiger partial charge in [-0.3, -0.25) is 4.79 Å². The minimum Gasteiger partial charge on any atom is -0.394 e. The number of carbonyl (C=O) groups excluding carboxylic acids is 1. The number of aliphatic hydroxyl groups is 4. The van der Waals surface area contributed by atoms with Crippen LogP contribution < -0.4 is 5.32 Å². The first-order valence-electron chi connectivity index (χ1n) is 5.96. The molecule has 1 rings (SSSR count). The highest BCUT2D eigenvalue weighted by Crippen LogP contribution is 2.22. The van der Waals surface area contributed by atoms with Gasteiger partial charge < -0.3 is 30.5 Å². The van der Waals surface area contributed by atoms with Crippen LogP contribution in [0.3, 0.4) is 0 Å². The molecule has 1 amide bonds. The monoisotopic (exact) mass is 263 g/mol. The predicted molar refractivity (Wildman–Crippen MR) is 61.4 cm³/mol. The lowest BCUT2D eigenvalue weighted by atomic mass is 10.1. The zero-order valence-electron chi connectivity index (χ0n) is 10.5. The first-order chi connectivity index (χ1) is 8.36. The summed E-state index contributed by atoms with van der Waals surface area (Å²) in [5, 5.41) is 39.9. The number of ether oxygens (including phenoxy) is 1. The molecule has 0 bridgehead atoms. The van der Waals surface area contributed by atoms with Gasteiger partial charge in [0.15, 0.2) is 6.23 Å². The molecular weight excluding hydrogens is 242 g/mol. The quantitative estimate of drug-likeness (QED) is 0.389. The van der Waals surface area contributed by atoms with E-state index in [4.69, 9.17) is 9.84 Å². The van der Waals surface area contributed by atoms with Gasteiger partial charge in [-0.25, -0.2) is 0 Å². The van der Waals surface area contributed by atoms with Gasteiger partial charge in [-0.1, -0.05) is 13.8 Å². The Morgan fingerprint density at radius 3 is 2.44 bits per heavy atom. The van der Waals surface area contributed by atoms with Gasteiger partial charge in [0.2, 0.25) is 5.91 Å². The van der Waals surface area contributed by atoms with Crippen molar-refractivity contribution in [2.24, 2.45) is 5.92 Å². The van der Waals surface area contributed by atoms with E-state index >= 15 is 0 Å². The Morgan fingerprint density at radius 2 is 1.94 bits per heavy atom. The number of aliphatic hydroxyl groups excluding tert-OH is 4. The molecule has 0 aromatic carbocycles. The summed E-state index contributed by atoms with van der Waals surface area (Å²) >= 11 is 0. The summed E-state index contributed by atoms with van der Waals surface area (Å²) in [6.07, 6.45) is -5.90. The topological polar surface area (TPSA) is 119 Å². The molecule has 1 fully saturated rings. The van der Waals surface area contributed by atoms with Crippen LogP contribution in [0.4, 0.5) is 0 Å². The maximum Gasteiger partial charge on any atom is 0.222 e. The van der Waals surface area contributed by atoms with Gasteiger partial charge in [0.05, 0.1) is 6.61 Å². The van der Waals surface area contributed by atoms with Crippen LogP contribution in [0.1, 0.15) is 20.3 Å². The van der Waals surface area contributed by atoms with Crippen LogP contribution in [0.2, 0.25) is 0 Å². The maximum absolute atomic E-state index is 11.5. The van der Waals surface area contributed by atoms with Crippen molar-refractivity contribution in [3.63, 3.8) is 0 Å². The highest BCUT2D eigenvalue weighted by Gasteiger charge is 2.46. The van der Waals surface area contributed by atoms with Crippen molar-refractivity contribution in [1.29, 1.82) is 0 Å². The molecule has 5 atom stereocenters. The van der Waals surface area contributed by atoms with Crippen molar-refractivity contribution < 1.29 is 30.0 Å². The largest absolute Gasteiger partial charge is 0.394 e. The SMILES string of the molecule is CC(C)CC(=O)N[C@@H]1O[C@@H]([C@H](O)CO)[C@H](O)[C@H]1O. The number of amides is 1. The van der Waals surface area contributed by atoms with Crippen LogP contribution >= 0.6 is 0 Å². The third-order valence-corrected chi connectivity index (χ3v) is 2.76. The van der Waals surface area contributed by atoms with Crippen molar-refractivity contribution in [1.82, 2.24) is 5.32 Å². The zero-order chi connectivity index (χ0) is 13.9. The normalized spacial score (nSPS) is 33.7. The van der Waals surface area contributed by atoms with E-state index in [0.29, 0.717) is 0 Å². The molecule has 0 aliphatic carbocycles. The lowest BCUT2D eigenvalue weighted by Gasteiger charge is -2.19. The first kappa shape index (κ1) is 15.3. The Kier molecular flexibility index (Phi) is 5.48. The highest BCUT2D eigenvalue weighted by molar-refractivity contribution is 5.76. The molecule has 0 radical (unpaired) electrons. The van der Waals surface area contributed by atoms with Crippen LogP contribution in [0.25, 0.3) is 0 Å². The van der Waals surface area contributed by atoms with Crippen molar-refractivity contribution in [2.75, 3.05) is 6.61 Å². The Hall–Kier alpha value is -0.730. The molecule has 0 spiro atoms. The van der Waals surface area contributed by atoms with Crippen molar-refractivity contribution in [2.45, 2.75) is 50.9 Å². The van der Waals surface area contributed by atoms with E-state index in [9.17, 15) is 20.1 Å². The Morgan fingerprint density at radius 1 is 1.33 bits per heavy atom. The Balaban J connectivity index is 2.56. The number of hydrogen-bond donors (Lipinski definition) is 5. The average Bonchev–Trinajstić information content (AvgIpc) is 2.55. The van der Waals surface area contributed by atoms with Crippen LogP contribution in [0.15, 0.2) is 0 Å². The first-order valence-corrected chi connectivity index (χ1v) is 5.96. The lowest BCUT2D eigenvalue weighted by Crippen LogP contribution is -2.44. The number of rotatable bonds is 5. The van der Waals surface area contributed by atoms with E-state index in [1.54, 1.807) is 0 Å². The highest BCUT2D eigenvalue weighted by atomic mass is 16.6. The molecule has 1 heterocycles. The molecule has 7 heteroatoms. The average molecular weight is 263 g/mol. The second kappa shape index (κ2) is 6.44. The second-order valence-corrected chi connectivity index (χ2v) is 4.92. The molecule has 0 unspecified atom stereocenters. The molecule has 0 aromatic heterocycles. The number of nitrogens with one attached hydrogen (secondary N) is 1. The second-order valence-electron chi connectivity index (χ2n) is 4.92. The van der Waals surface area contributed by atoms with E-state index in [1.807, 2.05) is 13.8 Å². The zero-order valence-corrected chi connectivity index (χ0v) is 10.5. The molecule has 1 aliphatic rings. The predicted octanol–water partition coefficient (Wildman–Crippen LogP) is -2.05. The Labute approximate surface area is 105 Å². The summed E-state index contributed by atoms with van der Waals surface area (Å²) in [5.41, 5.74) is 0. The van der Waals surface area contributed by atoms with Crippen molar-refractivity contribution in [3.8, 4) is 0 Å². The lowest BCUT2D eigenvalue weighted by molar-refractivity contribution is -0.130. The van der Waals surface area contributed by atoms with Gasteiger partial charge in [-0.2, -0.15) is 0 Å². The van der Waals surface area contributed by atoms with Gasteiger partial charge in [-0.15, -0.1) is 0 Å². The molecular formula is C11H21NO6. The maximum atomic E-state index is 11.5. The van der Waals surface area contributed by atoms with Gasteiger partial charge in [0, 0.05) is 6.42 Å². The molecule has 7 nitrogen and oxygen atoms in total. The van der Waals surface area contributed by atoms with Gasteiger partial charge >= 0.3 is 0 Å². The summed E-state index contributed by atoms with van der Waals surface area (Å²) in [6, 6.07) is 0. The molecule has 106 valence electrons. The van der Waals surface area contributed by atoms with E-state index in [0.717, 1.165) is 0 Å². The summed E-state index contributed by atoms with van der Waals surface area (Å²) < 4.78 is 5.15. The van der Waals surface area contributed by atoms with Gasteiger partial charge in [0.1, 0.15) is 24.4 Å². The van der Waals surface area contributed by atoms with Gasteiger partial charge in [0.25, 0.3) is 0 Å². The Bertz CT molecular complexity index is 285. The number of carbonyl (C=O) groups is 1. The van der Waals surface area contributed by atoms with E-state index in [2.05, 4.69) is 5.32 Å².